The smallest absolute Gasteiger partial charge is 0.275 e. The van der Waals surface area contributed by atoms with Crippen molar-refractivity contribution in [2.24, 2.45) is 5.14 Å². The number of amides is 2. The van der Waals surface area contributed by atoms with Crippen LogP contribution in [0.2, 0.25) is 0 Å². The monoisotopic (exact) mass is 402 g/mol. The van der Waals surface area contributed by atoms with Gasteiger partial charge in [-0.2, -0.15) is 0 Å². The minimum absolute atomic E-state index is 0.0555. The quantitative estimate of drug-likeness (QED) is 0.602. The van der Waals surface area contributed by atoms with E-state index in [-0.39, 0.29) is 16.5 Å². The van der Waals surface area contributed by atoms with Crippen LogP contribution in [0.1, 0.15) is 20.8 Å². The average molecular weight is 402 g/mol. The molecule has 1 heterocycles. The molecule has 0 spiro atoms. The molecule has 0 unspecified atom stereocenters. The summed E-state index contributed by atoms with van der Waals surface area (Å²) in [4.78, 5) is 28.4. The number of primary sulfonamides is 1. The number of nitrogens with zero attached hydrogens (tertiary/aromatic N) is 1. The molecule has 10 heteroatoms. The van der Waals surface area contributed by atoms with Gasteiger partial charge in [-0.25, -0.2) is 18.5 Å². The van der Waals surface area contributed by atoms with Crippen molar-refractivity contribution in [2.45, 2.75) is 4.90 Å². The summed E-state index contributed by atoms with van der Waals surface area (Å²) in [5, 5.41) is 12.0. The Kier molecular flexibility index (Phi) is 5.31. The molecule has 0 fully saturated rings. The number of benzene rings is 2. The molecule has 0 atom stereocenters. The zero-order chi connectivity index (χ0) is 19.4. The Hall–Kier alpha value is -3.08. The highest BCUT2D eigenvalue weighted by Gasteiger charge is 2.14. The van der Waals surface area contributed by atoms with Crippen LogP contribution in [0.4, 0.5) is 10.8 Å². The second kappa shape index (κ2) is 7.66. The molecular formula is C17H14N4O4S2. The van der Waals surface area contributed by atoms with Gasteiger partial charge in [-0.15, -0.1) is 11.3 Å². The molecule has 0 radical (unpaired) electrons. The van der Waals surface area contributed by atoms with Crippen molar-refractivity contribution in [3.05, 3.63) is 71.2 Å². The van der Waals surface area contributed by atoms with E-state index in [1.165, 1.54) is 29.6 Å². The third-order valence-electron chi connectivity index (χ3n) is 3.43. The summed E-state index contributed by atoms with van der Waals surface area (Å²) in [6.07, 6.45) is 0. The summed E-state index contributed by atoms with van der Waals surface area (Å²) in [5.74, 6) is -0.815. The lowest BCUT2D eigenvalue weighted by atomic mass is 10.2. The fraction of sp³-hybridized carbons (Fsp3) is 0. The van der Waals surface area contributed by atoms with Crippen LogP contribution in [0.5, 0.6) is 0 Å². The van der Waals surface area contributed by atoms with Crippen LogP contribution in [0, 0.1) is 0 Å². The summed E-state index contributed by atoms with van der Waals surface area (Å²) >= 11 is 1.12. The number of hydrogen-bond acceptors (Lipinski definition) is 6. The zero-order valence-electron chi connectivity index (χ0n) is 13.7. The summed E-state index contributed by atoms with van der Waals surface area (Å²) in [6.45, 7) is 0. The summed E-state index contributed by atoms with van der Waals surface area (Å²) in [6, 6.07) is 14.1. The first-order chi connectivity index (χ1) is 12.8. The summed E-state index contributed by atoms with van der Waals surface area (Å²) in [7, 11) is -3.79. The number of thiazole rings is 1. The number of carbonyl (C=O) groups is 2. The molecule has 0 aliphatic carbocycles. The number of hydrogen-bond donors (Lipinski definition) is 3. The van der Waals surface area contributed by atoms with E-state index >= 15 is 0 Å². The van der Waals surface area contributed by atoms with Crippen molar-refractivity contribution in [2.75, 3.05) is 10.6 Å². The maximum Gasteiger partial charge on any atom is 0.275 e. The van der Waals surface area contributed by atoms with Crippen molar-refractivity contribution in [3.8, 4) is 0 Å². The van der Waals surface area contributed by atoms with Gasteiger partial charge in [0.2, 0.25) is 10.0 Å². The highest BCUT2D eigenvalue weighted by Crippen LogP contribution is 2.19. The Balaban J connectivity index is 1.65. The van der Waals surface area contributed by atoms with Gasteiger partial charge in [0.15, 0.2) is 5.13 Å². The second-order valence-electron chi connectivity index (χ2n) is 5.38. The fourth-order valence-corrected chi connectivity index (χ4v) is 3.32. The largest absolute Gasteiger partial charge is 0.321 e. The molecule has 3 aromatic rings. The number of anilines is 2. The lowest BCUT2D eigenvalue weighted by Crippen LogP contribution is -2.15. The fourth-order valence-electron chi connectivity index (χ4n) is 2.12. The third kappa shape index (κ3) is 4.76. The first kappa shape index (κ1) is 18.7. The normalized spacial score (nSPS) is 11.0. The predicted molar refractivity (Wildman–Crippen MR) is 102 cm³/mol. The van der Waals surface area contributed by atoms with Crippen molar-refractivity contribution >= 4 is 44.0 Å². The number of carbonyl (C=O) groups excluding carboxylic acids is 2. The third-order valence-corrected chi connectivity index (χ3v) is 5.12. The lowest BCUT2D eigenvalue weighted by Gasteiger charge is -2.04. The molecule has 0 saturated heterocycles. The Bertz CT molecular complexity index is 1080. The molecule has 138 valence electrons. The Morgan fingerprint density at radius 1 is 0.926 bits per heavy atom. The molecule has 8 nitrogen and oxygen atoms in total. The topological polar surface area (TPSA) is 131 Å². The Morgan fingerprint density at radius 2 is 1.59 bits per heavy atom. The van der Waals surface area contributed by atoms with Gasteiger partial charge in [0.1, 0.15) is 5.69 Å². The lowest BCUT2D eigenvalue weighted by molar-refractivity contribution is 0.101. The highest BCUT2D eigenvalue weighted by molar-refractivity contribution is 7.89. The minimum Gasteiger partial charge on any atom is -0.321 e. The van der Waals surface area contributed by atoms with Crippen LogP contribution in [-0.4, -0.2) is 25.2 Å². The highest BCUT2D eigenvalue weighted by atomic mass is 32.2. The second-order valence-corrected chi connectivity index (χ2v) is 7.80. The standard InChI is InChI=1S/C17H14N4O4S2/c18-27(24,25)13-8-6-12(7-9-13)19-16(23)14-10-26-17(20-14)21-15(22)11-4-2-1-3-5-11/h1-10H,(H,19,23)(H2,18,24,25)(H,20,21,22). The molecule has 0 saturated carbocycles. The molecule has 2 amide bonds. The van der Waals surface area contributed by atoms with Crippen LogP contribution in [-0.2, 0) is 10.0 Å². The first-order valence-electron chi connectivity index (χ1n) is 7.59. The summed E-state index contributed by atoms with van der Waals surface area (Å²) < 4.78 is 22.5. The molecule has 2 aromatic carbocycles. The van der Waals surface area contributed by atoms with E-state index < -0.39 is 15.9 Å². The van der Waals surface area contributed by atoms with Gasteiger partial charge in [0, 0.05) is 16.6 Å². The number of sulfonamides is 1. The van der Waals surface area contributed by atoms with Gasteiger partial charge in [-0.1, -0.05) is 18.2 Å². The molecule has 3 rings (SSSR count). The van der Waals surface area contributed by atoms with Crippen LogP contribution in [0.3, 0.4) is 0 Å². The van der Waals surface area contributed by atoms with E-state index in [4.69, 9.17) is 5.14 Å². The van der Waals surface area contributed by atoms with Gasteiger partial charge < -0.3 is 5.32 Å². The molecule has 4 N–H and O–H groups in total. The number of nitrogens with two attached hydrogens (primary N) is 1. The van der Waals surface area contributed by atoms with Gasteiger partial charge >= 0.3 is 0 Å². The van der Waals surface area contributed by atoms with Gasteiger partial charge in [0.25, 0.3) is 11.8 Å². The van der Waals surface area contributed by atoms with Gasteiger partial charge in [-0.3, -0.25) is 14.9 Å². The first-order valence-corrected chi connectivity index (χ1v) is 10.0. The number of aromatic nitrogens is 1. The maximum absolute atomic E-state index is 12.2. The molecule has 0 aliphatic heterocycles. The SMILES string of the molecule is NS(=O)(=O)c1ccc(NC(=O)c2csc(NC(=O)c3ccccc3)n2)cc1. The number of nitrogens with one attached hydrogen (secondary N) is 2. The van der Waals surface area contributed by atoms with E-state index in [1.54, 1.807) is 30.3 Å². The van der Waals surface area contributed by atoms with Crippen LogP contribution < -0.4 is 15.8 Å². The summed E-state index contributed by atoms with van der Waals surface area (Å²) in [5.41, 5.74) is 0.989. The van der Waals surface area contributed by atoms with Gasteiger partial charge in [-0.05, 0) is 36.4 Å². The van der Waals surface area contributed by atoms with Crippen molar-refractivity contribution < 1.29 is 18.0 Å². The van der Waals surface area contributed by atoms with E-state index in [1.807, 2.05) is 0 Å². The van der Waals surface area contributed by atoms with Crippen molar-refractivity contribution in [3.63, 3.8) is 0 Å². The van der Waals surface area contributed by atoms with Crippen LogP contribution in [0.25, 0.3) is 0 Å². The zero-order valence-corrected chi connectivity index (χ0v) is 15.4. The molecule has 1 aromatic heterocycles. The van der Waals surface area contributed by atoms with Crippen LogP contribution >= 0.6 is 11.3 Å². The van der Waals surface area contributed by atoms with E-state index in [0.29, 0.717) is 16.4 Å². The molecular weight excluding hydrogens is 388 g/mol. The van der Waals surface area contributed by atoms with Crippen molar-refractivity contribution in [1.29, 1.82) is 0 Å². The van der Waals surface area contributed by atoms with E-state index in [9.17, 15) is 18.0 Å². The van der Waals surface area contributed by atoms with E-state index in [2.05, 4.69) is 15.6 Å². The van der Waals surface area contributed by atoms with Crippen LogP contribution in [0.15, 0.2) is 64.9 Å². The molecule has 0 bridgehead atoms. The van der Waals surface area contributed by atoms with E-state index in [0.717, 1.165) is 11.3 Å². The minimum atomic E-state index is -3.79. The van der Waals surface area contributed by atoms with Crippen molar-refractivity contribution in [1.82, 2.24) is 4.98 Å². The Morgan fingerprint density at radius 3 is 2.22 bits per heavy atom. The molecule has 0 aliphatic rings. The average Bonchev–Trinajstić information content (AvgIpc) is 3.11. The Labute approximate surface area is 159 Å². The number of rotatable bonds is 5. The molecule has 27 heavy (non-hydrogen) atoms. The predicted octanol–water partition coefficient (Wildman–Crippen LogP) is 2.30. The van der Waals surface area contributed by atoms with Gasteiger partial charge in [0.05, 0.1) is 4.90 Å². The maximum atomic E-state index is 12.2.